The van der Waals surface area contributed by atoms with Gasteiger partial charge in [-0.25, -0.2) is 0 Å². The average molecular weight is 291 g/mol. The fourth-order valence-corrected chi connectivity index (χ4v) is 2.01. The number of H-pyrrole nitrogens is 1. The molecule has 8 nitrogen and oxygen atoms in total. The van der Waals surface area contributed by atoms with Gasteiger partial charge >= 0.3 is 0 Å². The molecule has 0 aromatic carbocycles. The van der Waals surface area contributed by atoms with E-state index in [1.54, 1.807) is 12.4 Å². The summed E-state index contributed by atoms with van der Waals surface area (Å²) < 4.78 is 1.81. The fourth-order valence-electron chi connectivity index (χ4n) is 2.01. The summed E-state index contributed by atoms with van der Waals surface area (Å²) >= 11 is 0. The van der Waals surface area contributed by atoms with Gasteiger partial charge < -0.3 is 16.0 Å². The lowest BCUT2D eigenvalue weighted by atomic mass is 10.3. The number of likely N-dealkylation sites (N-methyl/N-ethyl adjacent to an activating group) is 1. The van der Waals surface area contributed by atoms with Crippen LogP contribution in [0, 0.1) is 0 Å². The molecule has 2 aromatic rings. The number of hydrogen-bond donors (Lipinski definition) is 3. The number of nitrogens with two attached hydrogens (primary N) is 1. The van der Waals surface area contributed by atoms with Gasteiger partial charge in [0.2, 0.25) is 0 Å². The van der Waals surface area contributed by atoms with Crippen molar-refractivity contribution in [1.82, 2.24) is 24.9 Å². The fraction of sp³-hybridized carbons (Fsp3) is 0.462. The van der Waals surface area contributed by atoms with Crippen LogP contribution >= 0.6 is 0 Å². The number of nitrogen functional groups attached to an aromatic ring is 1. The van der Waals surface area contributed by atoms with Crippen LogP contribution < -0.4 is 11.1 Å². The van der Waals surface area contributed by atoms with Crippen molar-refractivity contribution in [3.8, 4) is 0 Å². The Hall–Kier alpha value is -2.35. The van der Waals surface area contributed by atoms with Crippen molar-refractivity contribution in [2.24, 2.45) is 0 Å². The molecule has 0 aliphatic heterocycles. The predicted molar refractivity (Wildman–Crippen MR) is 81.0 cm³/mol. The van der Waals surface area contributed by atoms with Crippen LogP contribution in [0.2, 0.25) is 0 Å². The first-order chi connectivity index (χ1) is 10.1. The van der Waals surface area contributed by atoms with E-state index in [-0.39, 0.29) is 11.6 Å². The summed E-state index contributed by atoms with van der Waals surface area (Å²) in [4.78, 5) is 14.3. The molecule has 2 aromatic heterocycles. The van der Waals surface area contributed by atoms with E-state index < -0.39 is 0 Å². The lowest BCUT2D eigenvalue weighted by Crippen LogP contribution is -2.27. The molecule has 114 valence electrons. The standard InChI is InChI=1S/C13H21N7O/c1-3-19(4-2)5-6-20-9-10(7-16-20)17-13(21)12-11(14)8-15-18-12/h7-9H,3-6,14H2,1-2H3,(H,15,18)(H,17,21). The highest BCUT2D eigenvalue weighted by Crippen LogP contribution is 2.11. The van der Waals surface area contributed by atoms with E-state index in [1.165, 1.54) is 6.20 Å². The van der Waals surface area contributed by atoms with Gasteiger partial charge in [-0.1, -0.05) is 13.8 Å². The Morgan fingerprint density at radius 2 is 2.19 bits per heavy atom. The monoisotopic (exact) mass is 291 g/mol. The number of nitrogens with one attached hydrogen (secondary N) is 2. The van der Waals surface area contributed by atoms with Crippen molar-refractivity contribution in [2.45, 2.75) is 20.4 Å². The third kappa shape index (κ3) is 3.82. The van der Waals surface area contributed by atoms with Crippen LogP contribution in [0.1, 0.15) is 24.3 Å². The number of amides is 1. The molecule has 0 atom stereocenters. The molecule has 4 N–H and O–H groups in total. The Labute approximate surface area is 123 Å². The molecule has 0 aliphatic carbocycles. The summed E-state index contributed by atoms with van der Waals surface area (Å²) in [6.07, 6.45) is 4.82. The number of rotatable bonds is 7. The van der Waals surface area contributed by atoms with Crippen molar-refractivity contribution in [2.75, 3.05) is 30.7 Å². The van der Waals surface area contributed by atoms with E-state index in [2.05, 4.69) is 39.4 Å². The summed E-state index contributed by atoms with van der Waals surface area (Å²) in [7, 11) is 0. The summed E-state index contributed by atoms with van der Waals surface area (Å²) in [5.74, 6) is -0.326. The minimum absolute atomic E-state index is 0.255. The van der Waals surface area contributed by atoms with Gasteiger partial charge in [0.15, 0.2) is 0 Å². The summed E-state index contributed by atoms with van der Waals surface area (Å²) in [6, 6.07) is 0. The van der Waals surface area contributed by atoms with Gasteiger partial charge in [0.1, 0.15) is 5.69 Å². The molecule has 0 saturated heterocycles. The topological polar surface area (TPSA) is 105 Å². The maximum absolute atomic E-state index is 12.0. The molecular formula is C13H21N7O. The predicted octanol–water partition coefficient (Wildman–Crippen LogP) is 0.782. The molecule has 0 radical (unpaired) electrons. The van der Waals surface area contributed by atoms with Crippen LogP contribution in [-0.4, -0.2) is 50.4 Å². The molecule has 1 amide bonds. The van der Waals surface area contributed by atoms with Gasteiger partial charge in [0.25, 0.3) is 5.91 Å². The largest absolute Gasteiger partial charge is 0.396 e. The molecule has 0 bridgehead atoms. The van der Waals surface area contributed by atoms with Crippen molar-refractivity contribution in [3.63, 3.8) is 0 Å². The number of aromatic amines is 1. The minimum Gasteiger partial charge on any atom is -0.396 e. The first-order valence-corrected chi connectivity index (χ1v) is 6.99. The quantitative estimate of drug-likeness (QED) is 0.699. The zero-order chi connectivity index (χ0) is 15.2. The molecule has 2 rings (SSSR count). The van der Waals surface area contributed by atoms with Crippen molar-refractivity contribution < 1.29 is 4.79 Å². The molecule has 2 heterocycles. The second-order valence-corrected chi connectivity index (χ2v) is 4.67. The zero-order valence-corrected chi connectivity index (χ0v) is 12.3. The molecule has 8 heteroatoms. The van der Waals surface area contributed by atoms with Gasteiger partial charge in [-0.3, -0.25) is 14.6 Å². The van der Waals surface area contributed by atoms with Gasteiger partial charge in [-0.15, -0.1) is 0 Å². The van der Waals surface area contributed by atoms with Crippen LogP contribution in [0.15, 0.2) is 18.6 Å². The van der Waals surface area contributed by atoms with E-state index in [9.17, 15) is 4.79 Å². The van der Waals surface area contributed by atoms with E-state index in [0.29, 0.717) is 11.4 Å². The van der Waals surface area contributed by atoms with Crippen molar-refractivity contribution >= 4 is 17.3 Å². The second kappa shape index (κ2) is 6.89. The number of hydrogen-bond acceptors (Lipinski definition) is 5. The number of nitrogens with zero attached hydrogens (tertiary/aromatic N) is 4. The molecule has 21 heavy (non-hydrogen) atoms. The molecule has 0 aliphatic rings. The normalized spacial score (nSPS) is 11.0. The minimum atomic E-state index is -0.326. The Bertz CT molecular complexity index is 585. The van der Waals surface area contributed by atoms with Crippen LogP contribution in [0.4, 0.5) is 11.4 Å². The van der Waals surface area contributed by atoms with E-state index in [0.717, 1.165) is 26.2 Å². The molecule has 0 unspecified atom stereocenters. The zero-order valence-electron chi connectivity index (χ0n) is 12.3. The summed E-state index contributed by atoms with van der Waals surface area (Å²) in [5.41, 5.74) is 6.84. The van der Waals surface area contributed by atoms with E-state index >= 15 is 0 Å². The molecular weight excluding hydrogens is 270 g/mol. The molecule has 0 spiro atoms. The highest BCUT2D eigenvalue weighted by Gasteiger charge is 2.12. The van der Waals surface area contributed by atoms with Crippen molar-refractivity contribution in [3.05, 3.63) is 24.3 Å². The Morgan fingerprint density at radius 1 is 1.43 bits per heavy atom. The van der Waals surface area contributed by atoms with E-state index in [4.69, 9.17) is 5.73 Å². The first kappa shape index (κ1) is 15.0. The number of aromatic nitrogens is 4. The van der Waals surface area contributed by atoms with E-state index in [1.807, 2.05) is 4.68 Å². The molecule has 0 fully saturated rings. The average Bonchev–Trinajstić information content (AvgIpc) is 3.09. The summed E-state index contributed by atoms with van der Waals surface area (Å²) in [5, 5.41) is 13.3. The lowest BCUT2D eigenvalue weighted by molar-refractivity contribution is 0.102. The van der Waals surface area contributed by atoms with Crippen LogP contribution in [0.25, 0.3) is 0 Å². The third-order valence-corrected chi connectivity index (χ3v) is 3.33. The van der Waals surface area contributed by atoms with Gasteiger partial charge in [0.05, 0.1) is 30.3 Å². The van der Waals surface area contributed by atoms with Crippen LogP contribution in [0.5, 0.6) is 0 Å². The highest BCUT2D eigenvalue weighted by molar-refractivity contribution is 6.05. The third-order valence-electron chi connectivity index (χ3n) is 3.33. The molecule has 0 saturated carbocycles. The number of anilines is 2. The van der Waals surface area contributed by atoms with Gasteiger partial charge in [-0.05, 0) is 13.1 Å². The van der Waals surface area contributed by atoms with Gasteiger partial charge in [-0.2, -0.15) is 10.2 Å². The number of carbonyl (C=O) groups excluding carboxylic acids is 1. The Kier molecular flexibility index (Phi) is 4.94. The van der Waals surface area contributed by atoms with Crippen LogP contribution in [-0.2, 0) is 6.54 Å². The Morgan fingerprint density at radius 3 is 2.81 bits per heavy atom. The maximum atomic E-state index is 12.0. The SMILES string of the molecule is CCN(CC)CCn1cc(NC(=O)c2[nH]ncc2N)cn1. The number of carbonyl (C=O) groups is 1. The first-order valence-electron chi connectivity index (χ1n) is 6.99. The van der Waals surface area contributed by atoms with Gasteiger partial charge in [0, 0.05) is 12.7 Å². The highest BCUT2D eigenvalue weighted by atomic mass is 16.2. The summed E-state index contributed by atoms with van der Waals surface area (Å²) in [6.45, 7) is 8.00. The second-order valence-electron chi connectivity index (χ2n) is 4.67. The smallest absolute Gasteiger partial charge is 0.275 e. The Balaban J connectivity index is 1.91. The van der Waals surface area contributed by atoms with Crippen LogP contribution in [0.3, 0.4) is 0 Å². The lowest BCUT2D eigenvalue weighted by Gasteiger charge is -2.17. The maximum Gasteiger partial charge on any atom is 0.275 e. The van der Waals surface area contributed by atoms with Crippen molar-refractivity contribution in [1.29, 1.82) is 0 Å².